The number of nitrogens with one attached hydrogen (secondary N) is 1. The van der Waals surface area contributed by atoms with Crippen LogP contribution in [0.15, 0.2) is 36.4 Å². The highest BCUT2D eigenvalue weighted by atomic mass is 32.2. The number of hydrogen-bond acceptors (Lipinski definition) is 5. The number of aryl methyl sites for hydroxylation is 2. The molecule has 0 saturated carbocycles. The molecule has 0 unspecified atom stereocenters. The summed E-state index contributed by atoms with van der Waals surface area (Å²) in [7, 11) is -3.73. The maximum absolute atomic E-state index is 13.1. The van der Waals surface area contributed by atoms with E-state index in [0.717, 1.165) is 29.0 Å². The Hall–Kier alpha value is -2.74. The monoisotopic (exact) mass is 458 g/mol. The van der Waals surface area contributed by atoms with Crippen LogP contribution in [0.25, 0.3) is 0 Å². The van der Waals surface area contributed by atoms with E-state index in [0.29, 0.717) is 30.4 Å². The molecule has 32 heavy (non-hydrogen) atoms. The molecule has 0 radical (unpaired) electrons. The molecular formula is C24H30N2O5S. The Labute approximate surface area is 189 Å². The molecule has 1 aliphatic carbocycles. The first kappa shape index (κ1) is 22.5. The molecule has 2 aromatic rings. The van der Waals surface area contributed by atoms with Gasteiger partial charge in [-0.05, 0) is 68.4 Å². The molecule has 8 heteroatoms. The van der Waals surface area contributed by atoms with E-state index in [4.69, 9.17) is 9.47 Å². The Kier molecular flexibility index (Phi) is 6.33. The van der Waals surface area contributed by atoms with Gasteiger partial charge in [0.2, 0.25) is 15.9 Å². The highest BCUT2D eigenvalue weighted by Crippen LogP contribution is 2.35. The number of rotatable bonds is 6. The summed E-state index contributed by atoms with van der Waals surface area (Å²) >= 11 is 0. The van der Waals surface area contributed by atoms with Gasteiger partial charge in [0.25, 0.3) is 0 Å². The Morgan fingerprint density at radius 2 is 1.66 bits per heavy atom. The summed E-state index contributed by atoms with van der Waals surface area (Å²) in [6, 6.07) is 10.1. The molecule has 172 valence electrons. The quantitative estimate of drug-likeness (QED) is 0.718. The van der Waals surface area contributed by atoms with E-state index in [-0.39, 0.29) is 11.9 Å². The molecule has 0 spiro atoms. The largest absolute Gasteiger partial charge is 0.486 e. The van der Waals surface area contributed by atoms with Gasteiger partial charge in [-0.15, -0.1) is 0 Å². The molecular weight excluding hydrogens is 428 g/mol. The van der Waals surface area contributed by atoms with E-state index < -0.39 is 16.1 Å². The fourth-order valence-electron chi connectivity index (χ4n) is 4.42. The molecule has 4 rings (SSSR count). The van der Waals surface area contributed by atoms with Crippen molar-refractivity contribution in [3.8, 4) is 11.5 Å². The maximum atomic E-state index is 13.1. The van der Waals surface area contributed by atoms with E-state index >= 15 is 0 Å². The third kappa shape index (κ3) is 4.70. The molecule has 0 saturated heterocycles. The van der Waals surface area contributed by atoms with E-state index in [1.54, 1.807) is 25.1 Å². The average Bonchev–Trinajstić information content (AvgIpc) is 2.77. The van der Waals surface area contributed by atoms with Crippen LogP contribution in [-0.4, -0.2) is 39.8 Å². The normalized spacial score (nSPS) is 17.1. The molecule has 1 amide bonds. The number of benzene rings is 2. The predicted octanol–water partition coefficient (Wildman–Crippen LogP) is 3.37. The number of carbonyl (C=O) groups excluding carboxylic acids is 1. The first-order valence-electron chi connectivity index (χ1n) is 11.0. The van der Waals surface area contributed by atoms with Crippen molar-refractivity contribution in [2.45, 2.75) is 51.6 Å². The number of anilines is 1. The smallest absolute Gasteiger partial charge is 0.244 e. The standard InChI is InChI=1S/C24H30N2O5S/c1-16(19-9-8-18-6-4-5-7-20(18)14-19)25-24(27)17(2)26(32(3,28)29)21-10-11-22-23(15-21)31-13-12-30-22/h8-11,14-17H,4-7,12-13H2,1-3H3,(H,25,27)/t16-,17-/m0/s1. The Balaban J connectivity index is 1.54. The van der Waals surface area contributed by atoms with Crippen molar-refractivity contribution in [3.05, 3.63) is 53.1 Å². The van der Waals surface area contributed by atoms with E-state index in [1.807, 2.05) is 6.92 Å². The lowest BCUT2D eigenvalue weighted by Gasteiger charge is -2.30. The van der Waals surface area contributed by atoms with Crippen molar-refractivity contribution < 1.29 is 22.7 Å². The zero-order chi connectivity index (χ0) is 22.9. The molecule has 0 bridgehead atoms. The van der Waals surface area contributed by atoms with Gasteiger partial charge in [0.15, 0.2) is 11.5 Å². The first-order valence-corrected chi connectivity index (χ1v) is 12.9. The fourth-order valence-corrected chi connectivity index (χ4v) is 5.58. The molecule has 7 nitrogen and oxygen atoms in total. The Morgan fingerprint density at radius 3 is 2.38 bits per heavy atom. The number of amides is 1. The highest BCUT2D eigenvalue weighted by molar-refractivity contribution is 7.92. The van der Waals surface area contributed by atoms with Gasteiger partial charge in [0.1, 0.15) is 19.3 Å². The lowest BCUT2D eigenvalue weighted by molar-refractivity contribution is -0.122. The van der Waals surface area contributed by atoms with Gasteiger partial charge in [-0.2, -0.15) is 0 Å². The molecule has 2 aliphatic rings. The number of sulfonamides is 1. The van der Waals surface area contributed by atoms with Crippen molar-refractivity contribution in [2.24, 2.45) is 0 Å². The van der Waals surface area contributed by atoms with Crippen LogP contribution in [0, 0.1) is 0 Å². The van der Waals surface area contributed by atoms with Gasteiger partial charge in [0, 0.05) is 6.07 Å². The van der Waals surface area contributed by atoms with Gasteiger partial charge >= 0.3 is 0 Å². The summed E-state index contributed by atoms with van der Waals surface area (Å²) < 4.78 is 37.5. The minimum atomic E-state index is -3.73. The summed E-state index contributed by atoms with van der Waals surface area (Å²) in [6.45, 7) is 4.35. The van der Waals surface area contributed by atoms with Crippen LogP contribution < -0.4 is 19.1 Å². The van der Waals surface area contributed by atoms with E-state index in [1.165, 1.54) is 24.0 Å². The number of carbonyl (C=O) groups is 1. The third-order valence-corrected chi connectivity index (χ3v) is 7.34. The zero-order valence-corrected chi connectivity index (χ0v) is 19.6. The van der Waals surface area contributed by atoms with Crippen molar-refractivity contribution in [3.63, 3.8) is 0 Å². The Morgan fingerprint density at radius 1 is 0.969 bits per heavy atom. The van der Waals surface area contributed by atoms with Gasteiger partial charge in [-0.1, -0.05) is 18.2 Å². The van der Waals surface area contributed by atoms with Gasteiger partial charge in [-0.3, -0.25) is 9.10 Å². The second-order valence-corrected chi connectivity index (χ2v) is 10.4. The number of fused-ring (bicyclic) bond motifs is 2. The summed E-state index contributed by atoms with van der Waals surface area (Å²) in [5.41, 5.74) is 4.11. The summed E-state index contributed by atoms with van der Waals surface area (Å²) in [4.78, 5) is 13.1. The van der Waals surface area contributed by atoms with Crippen LogP contribution in [0.3, 0.4) is 0 Å². The molecule has 1 heterocycles. The zero-order valence-electron chi connectivity index (χ0n) is 18.8. The van der Waals surface area contributed by atoms with Crippen molar-refractivity contribution in [2.75, 3.05) is 23.8 Å². The predicted molar refractivity (Wildman–Crippen MR) is 124 cm³/mol. The summed E-state index contributed by atoms with van der Waals surface area (Å²) in [6.07, 6.45) is 5.67. The van der Waals surface area contributed by atoms with Gasteiger partial charge in [0.05, 0.1) is 18.0 Å². The first-order chi connectivity index (χ1) is 15.2. The summed E-state index contributed by atoms with van der Waals surface area (Å²) in [5.74, 6) is 0.666. The maximum Gasteiger partial charge on any atom is 0.244 e. The van der Waals surface area contributed by atoms with Crippen LogP contribution in [0.5, 0.6) is 11.5 Å². The second kappa shape index (κ2) is 9.02. The third-order valence-electron chi connectivity index (χ3n) is 6.10. The lowest BCUT2D eigenvalue weighted by Crippen LogP contribution is -2.48. The topological polar surface area (TPSA) is 84.9 Å². The van der Waals surface area contributed by atoms with Gasteiger partial charge < -0.3 is 14.8 Å². The van der Waals surface area contributed by atoms with Crippen molar-refractivity contribution in [1.82, 2.24) is 5.32 Å². The van der Waals surface area contributed by atoms with Crippen LogP contribution in [0.2, 0.25) is 0 Å². The van der Waals surface area contributed by atoms with Gasteiger partial charge in [-0.25, -0.2) is 8.42 Å². The van der Waals surface area contributed by atoms with Crippen LogP contribution in [0.1, 0.15) is 49.4 Å². The van der Waals surface area contributed by atoms with Crippen molar-refractivity contribution in [1.29, 1.82) is 0 Å². The number of ether oxygens (including phenoxy) is 2. The molecule has 1 aliphatic heterocycles. The van der Waals surface area contributed by atoms with E-state index in [2.05, 4.69) is 23.5 Å². The summed E-state index contributed by atoms with van der Waals surface area (Å²) in [5, 5.41) is 2.99. The fraction of sp³-hybridized carbons (Fsp3) is 0.458. The average molecular weight is 459 g/mol. The van der Waals surface area contributed by atoms with Crippen molar-refractivity contribution >= 4 is 21.6 Å². The number of hydrogen-bond donors (Lipinski definition) is 1. The second-order valence-electron chi connectivity index (χ2n) is 8.53. The molecule has 1 N–H and O–H groups in total. The van der Waals surface area contributed by atoms with Crippen LogP contribution in [-0.2, 0) is 27.7 Å². The SMILES string of the molecule is C[C@H](NC(=O)[C@H](C)N(c1ccc2c(c1)OCCO2)S(C)(=O)=O)c1ccc2c(c1)CCCC2. The number of nitrogens with zero attached hydrogens (tertiary/aromatic N) is 1. The molecule has 0 fully saturated rings. The van der Waals surface area contributed by atoms with Crippen LogP contribution >= 0.6 is 0 Å². The molecule has 2 aromatic carbocycles. The minimum Gasteiger partial charge on any atom is -0.486 e. The highest BCUT2D eigenvalue weighted by Gasteiger charge is 2.31. The molecule has 2 atom stereocenters. The minimum absolute atomic E-state index is 0.237. The molecule has 0 aromatic heterocycles. The van der Waals surface area contributed by atoms with Crippen LogP contribution in [0.4, 0.5) is 5.69 Å². The van der Waals surface area contributed by atoms with E-state index in [9.17, 15) is 13.2 Å². The lowest BCUT2D eigenvalue weighted by atomic mass is 9.89. The Bertz CT molecular complexity index is 1120.